The van der Waals surface area contributed by atoms with Gasteiger partial charge in [0.05, 0.1) is 0 Å². The molecule has 374 valence electrons. The molecular weight excluding hydrogens is 817 g/mol. The van der Waals surface area contributed by atoms with Crippen molar-refractivity contribution >= 4 is 17.9 Å². The predicted molar refractivity (Wildman–Crippen MR) is 283 cm³/mol. The highest BCUT2D eigenvalue weighted by Crippen LogP contribution is 2.14. The molecule has 0 amide bonds. The first-order valence-corrected chi connectivity index (χ1v) is 26.9. The number of unbranched alkanes of at least 4 members (excludes halogenated alkanes) is 19. The lowest BCUT2D eigenvalue weighted by Crippen LogP contribution is -2.30. The smallest absolute Gasteiger partial charge is 0.306 e. The van der Waals surface area contributed by atoms with Crippen molar-refractivity contribution in [3.05, 3.63) is 109 Å². The molecule has 0 aliphatic heterocycles. The van der Waals surface area contributed by atoms with Gasteiger partial charge in [-0.25, -0.2) is 0 Å². The molecule has 0 aromatic carbocycles. The number of carbonyl (C=O) groups is 3. The van der Waals surface area contributed by atoms with E-state index in [0.717, 1.165) is 64.2 Å². The summed E-state index contributed by atoms with van der Waals surface area (Å²) < 4.78 is 16.7. The Morgan fingerprint density at radius 1 is 0.333 bits per heavy atom. The van der Waals surface area contributed by atoms with Gasteiger partial charge in [-0.2, -0.15) is 0 Å². The van der Waals surface area contributed by atoms with Crippen molar-refractivity contribution in [2.45, 2.75) is 239 Å². The van der Waals surface area contributed by atoms with Crippen molar-refractivity contribution in [2.24, 2.45) is 0 Å². The number of carbonyl (C=O) groups excluding carboxylic acids is 3. The van der Waals surface area contributed by atoms with Gasteiger partial charge in [0.1, 0.15) is 13.2 Å². The number of hydrogen-bond acceptors (Lipinski definition) is 6. The van der Waals surface area contributed by atoms with Gasteiger partial charge in [0, 0.05) is 19.3 Å². The van der Waals surface area contributed by atoms with E-state index in [2.05, 4.69) is 112 Å². The molecule has 66 heavy (non-hydrogen) atoms. The third-order valence-electron chi connectivity index (χ3n) is 11.0. The Morgan fingerprint density at radius 3 is 1.14 bits per heavy atom. The number of allylic oxidation sites excluding steroid dienone is 18. The van der Waals surface area contributed by atoms with Crippen LogP contribution in [0.15, 0.2) is 109 Å². The molecule has 6 nitrogen and oxygen atoms in total. The Balaban J connectivity index is 4.53. The molecule has 1 atom stereocenters. The van der Waals surface area contributed by atoms with Crippen molar-refractivity contribution in [1.82, 2.24) is 0 Å². The van der Waals surface area contributed by atoms with E-state index in [1.54, 1.807) is 0 Å². The van der Waals surface area contributed by atoms with Crippen molar-refractivity contribution in [3.8, 4) is 0 Å². The SMILES string of the molecule is CC/C=C/C/C=C/C/C=C/C/C=C/C/C=C/CCC(=O)OC(COC(=O)CC/C=C/C/C=C/CCCCCCCC)COC(=O)CCCCCCCCCCCC/C=C/C=C/CCCCC. The molecule has 0 aromatic rings. The van der Waals surface area contributed by atoms with Gasteiger partial charge in [-0.1, -0.05) is 226 Å². The summed E-state index contributed by atoms with van der Waals surface area (Å²) in [6.45, 7) is 6.36. The maximum Gasteiger partial charge on any atom is 0.306 e. The molecule has 0 aliphatic rings. The minimum atomic E-state index is -0.843. The molecule has 0 bridgehead atoms. The summed E-state index contributed by atoms with van der Waals surface area (Å²) in [7, 11) is 0. The summed E-state index contributed by atoms with van der Waals surface area (Å²) in [4.78, 5) is 38.0. The highest BCUT2D eigenvalue weighted by molar-refractivity contribution is 5.71. The molecule has 0 saturated carbocycles. The molecule has 0 aliphatic carbocycles. The van der Waals surface area contributed by atoms with Crippen LogP contribution < -0.4 is 0 Å². The first kappa shape index (κ1) is 62.1. The van der Waals surface area contributed by atoms with Gasteiger partial charge in [0.15, 0.2) is 6.10 Å². The molecule has 6 heteroatoms. The molecular formula is C60H98O6. The average molecular weight is 915 g/mol. The Kier molecular flexibility index (Phi) is 50.5. The van der Waals surface area contributed by atoms with Crippen molar-refractivity contribution < 1.29 is 28.6 Å². The fraction of sp³-hybridized carbons (Fsp3) is 0.650. The normalized spacial score (nSPS) is 13.0. The van der Waals surface area contributed by atoms with E-state index in [0.29, 0.717) is 19.3 Å². The van der Waals surface area contributed by atoms with Crippen LogP contribution in [-0.2, 0) is 28.6 Å². The Bertz CT molecular complexity index is 1370. The third-order valence-corrected chi connectivity index (χ3v) is 11.0. The summed E-state index contributed by atoms with van der Waals surface area (Å²) >= 11 is 0. The Labute approximate surface area is 406 Å². The van der Waals surface area contributed by atoms with Gasteiger partial charge in [-0.05, 0) is 96.3 Å². The van der Waals surface area contributed by atoms with Gasteiger partial charge in [-0.15, -0.1) is 0 Å². The minimum absolute atomic E-state index is 0.128. The maximum absolute atomic E-state index is 12.8. The Hall–Kier alpha value is -3.93. The summed E-state index contributed by atoms with van der Waals surface area (Å²) in [5.41, 5.74) is 0. The van der Waals surface area contributed by atoms with Crippen molar-refractivity contribution in [1.29, 1.82) is 0 Å². The molecule has 0 fully saturated rings. The van der Waals surface area contributed by atoms with Crippen LogP contribution in [0.25, 0.3) is 0 Å². The monoisotopic (exact) mass is 915 g/mol. The van der Waals surface area contributed by atoms with Gasteiger partial charge in [0.25, 0.3) is 0 Å². The van der Waals surface area contributed by atoms with Crippen LogP contribution in [0.3, 0.4) is 0 Å². The summed E-state index contributed by atoms with van der Waals surface area (Å²) in [5.74, 6) is -1.09. The van der Waals surface area contributed by atoms with E-state index in [4.69, 9.17) is 14.2 Å². The highest BCUT2D eigenvalue weighted by Gasteiger charge is 2.19. The molecule has 0 aromatic heterocycles. The second-order valence-corrected chi connectivity index (χ2v) is 17.4. The minimum Gasteiger partial charge on any atom is -0.462 e. The first-order valence-electron chi connectivity index (χ1n) is 26.9. The van der Waals surface area contributed by atoms with Crippen molar-refractivity contribution in [3.63, 3.8) is 0 Å². The number of hydrogen-bond donors (Lipinski definition) is 0. The van der Waals surface area contributed by atoms with Crippen LogP contribution >= 0.6 is 0 Å². The average Bonchev–Trinajstić information content (AvgIpc) is 3.31. The van der Waals surface area contributed by atoms with Gasteiger partial charge in [0.2, 0.25) is 0 Å². The number of ether oxygens (including phenoxy) is 3. The summed E-state index contributed by atoms with van der Waals surface area (Å²) in [6, 6.07) is 0. The molecule has 0 saturated heterocycles. The van der Waals surface area contributed by atoms with E-state index in [1.807, 2.05) is 18.2 Å². The quantitative estimate of drug-likeness (QED) is 0.0199. The van der Waals surface area contributed by atoms with E-state index in [-0.39, 0.29) is 38.0 Å². The third kappa shape index (κ3) is 51.1. The lowest BCUT2D eigenvalue weighted by Gasteiger charge is -2.18. The van der Waals surface area contributed by atoms with Gasteiger partial charge >= 0.3 is 17.9 Å². The molecule has 0 heterocycles. The van der Waals surface area contributed by atoms with E-state index >= 15 is 0 Å². The second kappa shape index (κ2) is 53.7. The van der Waals surface area contributed by atoms with E-state index in [1.165, 1.54) is 116 Å². The van der Waals surface area contributed by atoms with Gasteiger partial charge < -0.3 is 14.2 Å². The predicted octanol–water partition coefficient (Wildman–Crippen LogP) is 17.9. The Morgan fingerprint density at radius 2 is 0.667 bits per heavy atom. The molecule has 0 radical (unpaired) electrons. The first-order chi connectivity index (χ1) is 32.5. The molecule has 0 rings (SSSR count). The lowest BCUT2D eigenvalue weighted by atomic mass is 10.1. The molecule has 1 unspecified atom stereocenters. The molecule has 0 spiro atoms. The van der Waals surface area contributed by atoms with Crippen LogP contribution in [0.2, 0.25) is 0 Å². The lowest BCUT2D eigenvalue weighted by molar-refractivity contribution is -0.166. The largest absolute Gasteiger partial charge is 0.462 e. The highest BCUT2D eigenvalue weighted by atomic mass is 16.6. The second-order valence-electron chi connectivity index (χ2n) is 17.4. The fourth-order valence-electron chi connectivity index (χ4n) is 7.00. The van der Waals surface area contributed by atoms with Crippen LogP contribution in [0.4, 0.5) is 0 Å². The number of rotatable bonds is 47. The van der Waals surface area contributed by atoms with Crippen LogP contribution in [0.1, 0.15) is 233 Å². The summed E-state index contributed by atoms with van der Waals surface area (Å²) in [6.07, 6.45) is 72.4. The number of esters is 3. The zero-order chi connectivity index (χ0) is 47.9. The van der Waals surface area contributed by atoms with Gasteiger partial charge in [-0.3, -0.25) is 14.4 Å². The van der Waals surface area contributed by atoms with Crippen LogP contribution in [0.5, 0.6) is 0 Å². The fourth-order valence-corrected chi connectivity index (χ4v) is 7.00. The van der Waals surface area contributed by atoms with E-state index in [9.17, 15) is 14.4 Å². The maximum atomic E-state index is 12.8. The van der Waals surface area contributed by atoms with E-state index < -0.39 is 12.1 Å². The zero-order valence-corrected chi connectivity index (χ0v) is 42.7. The van der Waals surface area contributed by atoms with Crippen LogP contribution in [-0.4, -0.2) is 37.2 Å². The standard InChI is InChI=1S/C60H98O6/c1-4-7-10-13-16-19-22-25-27-29-30-31-33-35-38-41-44-47-50-53-59(62)65-56-57(55-64-58(61)52-49-46-43-40-37-34-24-21-18-15-12-9-6-3)66-60(63)54-51-48-45-42-39-36-32-28-26-23-20-17-14-11-8-5-2/h8,11,16-17,19-20,22,25-26,28,34,36-37,39,43,45-46,48,57H,4-7,9-10,12-15,18,21,23-24,27,29-33,35,38,40-42,44,47,49-56H2,1-3H3/b11-8+,19-16+,20-17+,25-22+,28-26+,37-34+,39-36+,46-43+,48-45+. The molecule has 0 N–H and O–H groups in total. The van der Waals surface area contributed by atoms with Crippen molar-refractivity contribution in [2.75, 3.05) is 13.2 Å². The summed E-state index contributed by atoms with van der Waals surface area (Å²) in [5, 5.41) is 0. The zero-order valence-electron chi connectivity index (χ0n) is 42.7. The van der Waals surface area contributed by atoms with Crippen LogP contribution in [0, 0.1) is 0 Å². The topological polar surface area (TPSA) is 78.9 Å².